The first kappa shape index (κ1) is 14.5. The second-order valence-corrected chi connectivity index (χ2v) is 4.63. The molecule has 0 aromatic rings. The molecule has 20 heavy (non-hydrogen) atoms. The zero-order valence-electron chi connectivity index (χ0n) is 11.7. The first-order chi connectivity index (χ1) is 9.60. The average molecular weight is 281 g/mol. The van der Waals surface area contributed by atoms with Crippen LogP contribution in [0.25, 0.3) is 0 Å². The van der Waals surface area contributed by atoms with Crippen LogP contribution in [0.4, 0.5) is 4.79 Å². The van der Waals surface area contributed by atoms with Crippen LogP contribution in [0.2, 0.25) is 0 Å². The van der Waals surface area contributed by atoms with Gasteiger partial charge in [-0.2, -0.15) is 5.06 Å². The molecule has 2 atom stereocenters. The van der Waals surface area contributed by atoms with E-state index < -0.39 is 6.04 Å². The Hall–Kier alpha value is -1.86. The molecule has 3 amide bonds. The van der Waals surface area contributed by atoms with Gasteiger partial charge in [-0.1, -0.05) is 12.2 Å². The van der Waals surface area contributed by atoms with Crippen molar-refractivity contribution in [2.24, 2.45) is 0 Å². The molecule has 0 unspecified atom stereocenters. The fourth-order valence-electron chi connectivity index (χ4n) is 2.43. The fourth-order valence-corrected chi connectivity index (χ4v) is 2.43. The van der Waals surface area contributed by atoms with Crippen molar-refractivity contribution in [1.29, 1.82) is 0 Å². The quantitative estimate of drug-likeness (QED) is 0.572. The molecule has 7 heteroatoms. The van der Waals surface area contributed by atoms with Gasteiger partial charge in [0.15, 0.2) is 0 Å². The van der Waals surface area contributed by atoms with Crippen LogP contribution < -0.4 is 5.48 Å². The Balaban J connectivity index is 2.13. The van der Waals surface area contributed by atoms with Gasteiger partial charge in [-0.15, -0.1) is 6.58 Å². The van der Waals surface area contributed by atoms with Crippen molar-refractivity contribution in [2.75, 3.05) is 19.8 Å². The third-order valence-corrected chi connectivity index (χ3v) is 3.21. The summed E-state index contributed by atoms with van der Waals surface area (Å²) in [4.78, 5) is 36.1. The lowest BCUT2D eigenvalue weighted by Gasteiger charge is -2.28. The predicted molar refractivity (Wildman–Crippen MR) is 71.2 cm³/mol. The van der Waals surface area contributed by atoms with Crippen LogP contribution in [0.3, 0.4) is 0 Å². The maximum absolute atomic E-state index is 12.3. The number of urea groups is 1. The molecule has 1 fully saturated rings. The zero-order chi connectivity index (χ0) is 14.7. The number of carbonyl (C=O) groups excluding carboxylic acids is 2. The molecule has 2 heterocycles. The lowest BCUT2D eigenvalue weighted by atomic mass is 10.0. The van der Waals surface area contributed by atoms with E-state index in [1.54, 1.807) is 13.0 Å². The van der Waals surface area contributed by atoms with Crippen LogP contribution in [0.5, 0.6) is 0 Å². The van der Waals surface area contributed by atoms with Crippen LogP contribution in [0, 0.1) is 0 Å². The lowest BCUT2D eigenvalue weighted by Crippen LogP contribution is -2.50. The SMILES string of the molecule is C=CCON1C(=O)N2C[C@H]1C=C(C)[C@H]2C(=O)NOCC. The number of hydrogen-bond acceptors (Lipinski definition) is 4. The van der Waals surface area contributed by atoms with Crippen molar-refractivity contribution < 1.29 is 19.3 Å². The number of rotatable bonds is 6. The maximum atomic E-state index is 12.3. The highest BCUT2D eigenvalue weighted by Crippen LogP contribution is 2.29. The summed E-state index contributed by atoms with van der Waals surface area (Å²) in [6.45, 7) is 8.18. The Morgan fingerprint density at radius 1 is 1.65 bits per heavy atom. The highest BCUT2D eigenvalue weighted by molar-refractivity contribution is 5.91. The molecule has 0 aliphatic carbocycles. The van der Waals surface area contributed by atoms with Crippen molar-refractivity contribution >= 4 is 11.9 Å². The molecule has 1 saturated heterocycles. The summed E-state index contributed by atoms with van der Waals surface area (Å²) in [5.41, 5.74) is 3.15. The lowest BCUT2D eigenvalue weighted by molar-refractivity contribution is -0.136. The van der Waals surface area contributed by atoms with Gasteiger partial charge >= 0.3 is 6.03 Å². The van der Waals surface area contributed by atoms with Gasteiger partial charge in [-0.25, -0.2) is 10.3 Å². The van der Waals surface area contributed by atoms with Gasteiger partial charge in [-0.05, 0) is 19.4 Å². The summed E-state index contributed by atoms with van der Waals surface area (Å²) in [6, 6.07) is -1.14. The van der Waals surface area contributed by atoms with Gasteiger partial charge in [0.2, 0.25) is 0 Å². The normalized spacial score (nSPS) is 24.7. The molecule has 2 bridgehead atoms. The highest BCUT2D eigenvalue weighted by atomic mass is 16.7. The molecule has 0 spiro atoms. The van der Waals surface area contributed by atoms with Crippen LogP contribution in [0.1, 0.15) is 13.8 Å². The Labute approximate surface area is 117 Å². The third-order valence-electron chi connectivity index (χ3n) is 3.21. The Morgan fingerprint density at radius 2 is 2.40 bits per heavy atom. The Bertz CT molecular complexity index is 449. The molecule has 2 rings (SSSR count). The number of hydroxylamine groups is 3. The molecular weight excluding hydrogens is 262 g/mol. The number of fused-ring (bicyclic) bond motifs is 2. The molecule has 2 aliphatic heterocycles. The first-order valence-electron chi connectivity index (χ1n) is 6.53. The second-order valence-electron chi connectivity index (χ2n) is 4.63. The molecule has 110 valence electrons. The van der Waals surface area contributed by atoms with E-state index in [-0.39, 0.29) is 24.6 Å². The monoisotopic (exact) mass is 281 g/mol. The minimum atomic E-state index is -0.650. The van der Waals surface area contributed by atoms with Crippen LogP contribution >= 0.6 is 0 Å². The summed E-state index contributed by atoms with van der Waals surface area (Å²) in [7, 11) is 0. The summed E-state index contributed by atoms with van der Waals surface area (Å²) < 4.78 is 0. The van der Waals surface area contributed by atoms with E-state index in [1.807, 2.05) is 13.0 Å². The minimum Gasteiger partial charge on any atom is -0.304 e. The van der Waals surface area contributed by atoms with Crippen molar-refractivity contribution in [2.45, 2.75) is 25.9 Å². The molecular formula is C13H19N3O4. The van der Waals surface area contributed by atoms with E-state index in [4.69, 9.17) is 9.68 Å². The van der Waals surface area contributed by atoms with Gasteiger partial charge < -0.3 is 4.90 Å². The number of amides is 3. The third kappa shape index (κ3) is 2.54. The molecule has 0 radical (unpaired) electrons. The second kappa shape index (κ2) is 6.06. The van der Waals surface area contributed by atoms with E-state index in [9.17, 15) is 9.59 Å². The standard InChI is InChI=1S/C13H19N3O4/c1-4-6-20-16-10-7-9(3)11(12(17)14-19-5-2)15(8-10)13(16)18/h4,7,10-11H,1,5-6,8H2,2-3H3,(H,14,17)/t10-,11+/m1/s1. The van der Waals surface area contributed by atoms with E-state index in [0.717, 1.165) is 5.57 Å². The van der Waals surface area contributed by atoms with Gasteiger partial charge in [0.05, 0.1) is 25.8 Å². The van der Waals surface area contributed by atoms with Gasteiger partial charge in [0, 0.05) is 0 Å². The zero-order valence-corrected chi connectivity index (χ0v) is 11.7. The summed E-state index contributed by atoms with van der Waals surface area (Å²) in [5, 5.41) is 1.29. The Kier molecular flexibility index (Phi) is 4.41. The largest absolute Gasteiger partial charge is 0.345 e. The highest BCUT2D eigenvalue weighted by Gasteiger charge is 2.47. The number of nitrogens with one attached hydrogen (secondary N) is 1. The van der Waals surface area contributed by atoms with E-state index in [1.165, 1.54) is 9.96 Å². The molecule has 1 N–H and O–H groups in total. The summed E-state index contributed by atoms with van der Waals surface area (Å²) in [5.74, 6) is -0.349. The molecule has 7 nitrogen and oxygen atoms in total. The van der Waals surface area contributed by atoms with Crippen molar-refractivity contribution in [3.8, 4) is 0 Å². The van der Waals surface area contributed by atoms with Crippen molar-refractivity contribution in [3.63, 3.8) is 0 Å². The molecule has 0 aromatic carbocycles. The predicted octanol–water partition coefficient (Wildman–Crippen LogP) is 0.606. The fraction of sp³-hybridized carbons (Fsp3) is 0.538. The van der Waals surface area contributed by atoms with Crippen LogP contribution in [-0.2, 0) is 14.5 Å². The van der Waals surface area contributed by atoms with Crippen molar-refractivity contribution in [1.82, 2.24) is 15.4 Å². The van der Waals surface area contributed by atoms with Crippen LogP contribution in [0.15, 0.2) is 24.3 Å². The maximum Gasteiger partial charge on any atom is 0.345 e. The van der Waals surface area contributed by atoms with E-state index >= 15 is 0 Å². The van der Waals surface area contributed by atoms with Gasteiger partial charge in [0.25, 0.3) is 5.91 Å². The number of nitrogens with zero attached hydrogens (tertiary/aromatic N) is 2. The van der Waals surface area contributed by atoms with Gasteiger partial charge in [-0.3, -0.25) is 14.5 Å². The summed E-state index contributed by atoms with van der Waals surface area (Å²) in [6.07, 6.45) is 3.45. The summed E-state index contributed by atoms with van der Waals surface area (Å²) >= 11 is 0. The molecule has 0 aromatic heterocycles. The van der Waals surface area contributed by atoms with E-state index in [2.05, 4.69) is 12.1 Å². The first-order valence-corrected chi connectivity index (χ1v) is 6.53. The van der Waals surface area contributed by atoms with E-state index in [0.29, 0.717) is 13.2 Å². The average Bonchev–Trinajstić information content (AvgIpc) is 2.67. The number of hydrogen-bond donors (Lipinski definition) is 1. The van der Waals surface area contributed by atoms with Crippen molar-refractivity contribution in [3.05, 3.63) is 24.3 Å². The topological polar surface area (TPSA) is 71.1 Å². The Morgan fingerprint density at radius 3 is 3.05 bits per heavy atom. The molecule has 0 saturated carbocycles. The van der Waals surface area contributed by atoms with Gasteiger partial charge in [0.1, 0.15) is 6.04 Å². The molecule has 2 aliphatic rings. The minimum absolute atomic E-state index is 0.168. The van der Waals surface area contributed by atoms with Crippen LogP contribution in [-0.4, -0.2) is 53.7 Å². The smallest absolute Gasteiger partial charge is 0.304 e. The number of carbonyl (C=O) groups is 2.